The molecule has 2 fully saturated rings. The Morgan fingerprint density at radius 2 is 2.07 bits per heavy atom. The molecular weight excluding hydrogens is 418 g/mol. The molecular formula is C18H22BrN3O5. The number of carbonyl (C=O) groups excluding carboxylic acids is 3. The number of hydrogen-bond acceptors (Lipinski definition) is 6. The summed E-state index contributed by atoms with van der Waals surface area (Å²) in [5.74, 6) is -0.414. The molecule has 0 radical (unpaired) electrons. The number of ether oxygens (including phenoxy) is 2. The standard InChI is InChI=1S/C18H22BrN3O5/c1-2-26-17(24)15-11-27-18(25)22(15)14-3-5-21(6-4-14)16(23)8-12-7-13(19)10-20-9-12/h7,9-10,14-15H,2-6,8,11H2,1H3/t15-/m0/s1. The molecule has 2 saturated heterocycles. The molecule has 0 spiro atoms. The number of esters is 1. The Morgan fingerprint density at radius 1 is 1.33 bits per heavy atom. The van der Waals surface area contributed by atoms with E-state index in [0.717, 1.165) is 10.0 Å². The van der Waals surface area contributed by atoms with Crippen molar-refractivity contribution < 1.29 is 23.9 Å². The number of amides is 2. The van der Waals surface area contributed by atoms with Crippen LogP contribution in [0.25, 0.3) is 0 Å². The smallest absolute Gasteiger partial charge is 0.410 e. The van der Waals surface area contributed by atoms with Crippen molar-refractivity contribution in [1.82, 2.24) is 14.8 Å². The van der Waals surface area contributed by atoms with Crippen LogP contribution in [0, 0.1) is 0 Å². The lowest BCUT2D eigenvalue weighted by atomic mass is 10.0. The van der Waals surface area contributed by atoms with Gasteiger partial charge in [-0.1, -0.05) is 0 Å². The zero-order chi connectivity index (χ0) is 19.4. The monoisotopic (exact) mass is 439 g/mol. The van der Waals surface area contributed by atoms with Gasteiger partial charge in [-0.05, 0) is 47.3 Å². The van der Waals surface area contributed by atoms with Gasteiger partial charge in [-0.3, -0.25) is 14.7 Å². The molecule has 2 aliphatic heterocycles. The van der Waals surface area contributed by atoms with E-state index in [9.17, 15) is 14.4 Å². The maximum atomic E-state index is 12.5. The zero-order valence-corrected chi connectivity index (χ0v) is 16.7. The number of aromatic nitrogens is 1. The zero-order valence-electron chi connectivity index (χ0n) is 15.1. The van der Waals surface area contributed by atoms with Crippen LogP contribution in [-0.2, 0) is 25.5 Å². The van der Waals surface area contributed by atoms with Gasteiger partial charge in [-0.2, -0.15) is 0 Å². The minimum Gasteiger partial charge on any atom is -0.464 e. The number of likely N-dealkylation sites (tertiary alicyclic amines) is 1. The summed E-state index contributed by atoms with van der Waals surface area (Å²) in [5.41, 5.74) is 0.849. The van der Waals surface area contributed by atoms with Crippen LogP contribution in [0.3, 0.4) is 0 Å². The van der Waals surface area contributed by atoms with Crippen molar-refractivity contribution >= 4 is 33.9 Å². The van der Waals surface area contributed by atoms with Crippen LogP contribution in [0.1, 0.15) is 25.3 Å². The number of carbonyl (C=O) groups is 3. The van der Waals surface area contributed by atoms with Crippen LogP contribution in [0.2, 0.25) is 0 Å². The summed E-state index contributed by atoms with van der Waals surface area (Å²) in [4.78, 5) is 44.0. The molecule has 0 aliphatic carbocycles. The highest BCUT2D eigenvalue weighted by Gasteiger charge is 2.44. The summed E-state index contributed by atoms with van der Waals surface area (Å²) in [5, 5.41) is 0. The van der Waals surface area contributed by atoms with Gasteiger partial charge in [0, 0.05) is 36.0 Å². The average molecular weight is 440 g/mol. The first kappa shape index (κ1) is 19.6. The van der Waals surface area contributed by atoms with Gasteiger partial charge in [-0.15, -0.1) is 0 Å². The lowest BCUT2D eigenvalue weighted by molar-refractivity contribution is -0.149. The van der Waals surface area contributed by atoms with E-state index >= 15 is 0 Å². The first-order valence-electron chi connectivity index (χ1n) is 8.98. The average Bonchev–Trinajstić information content (AvgIpc) is 3.03. The van der Waals surface area contributed by atoms with Gasteiger partial charge in [0.15, 0.2) is 6.04 Å². The van der Waals surface area contributed by atoms with Crippen LogP contribution in [-0.4, -0.2) is 71.1 Å². The molecule has 1 aromatic rings. The number of cyclic esters (lactones) is 1. The lowest BCUT2D eigenvalue weighted by Crippen LogP contribution is -2.52. The molecule has 27 heavy (non-hydrogen) atoms. The van der Waals surface area contributed by atoms with Crippen molar-refractivity contribution in [2.24, 2.45) is 0 Å². The van der Waals surface area contributed by atoms with Crippen LogP contribution >= 0.6 is 15.9 Å². The minimum absolute atomic E-state index is 0.0205. The minimum atomic E-state index is -0.697. The van der Waals surface area contributed by atoms with E-state index in [-0.39, 0.29) is 31.6 Å². The molecule has 2 aliphatic rings. The largest absolute Gasteiger partial charge is 0.464 e. The first-order chi connectivity index (χ1) is 13.0. The number of pyridine rings is 1. The van der Waals surface area contributed by atoms with E-state index < -0.39 is 18.1 Å². The fraction of sp³-hybridized carbons (Fsp3) is 0.556. The SMILES string of the molecule is CCOC(=O)[C@@H]1COC(=O)N1C1CCN(C(=O)Cc2cncc(Br)c2)CC1. The Hall–Kier alpha value is -2.16. The third-order valence-electron chi connectivity index (χ3n) is 4.80. The van der Waals surface area contributed by atoms with Crippen LogP contribution in [0.5, 0.6) is 0 Å². The number of hydrogen-bond donors (Lipinski definition) is 0. The molecule has 0 saturated carbocycles. The molecule has 3 heterocycles. The Kier molecular flexibility index (Phi) is 6.30. The van der Waals surface area contributed by atoms with E-state index in [1.165, 1.54) is 4.90 Å². The molecule has 0 N–H and O–H groups in total. The molecule has 0 unspecified atom stereocenters. The van der Waals surface area contributed by atoms with Crippen molar-refractivity contribution in [2.45, 2.75) is 38.3 Å². The van der Waals surface area contributed by atoms with Gasteiger partial charge in [0.2, 0.25) is 5.91 Å². The topological polar surface area (TPSA) is 89.0 Å². The second-order valence-electron chi connectivity index (χ2n) is 6.55. The van der Waals surface area contributed by atoms with E-state index in [4.69, 9.17) is 9.47 Å². The molecule has 0 bridgehead atoms. The maximum absolute atomic E-state index is 12.5. The fourth-order valence-corrected chi connectivity index (χ4v) is 3.90. The molecule has 1 aromatic heterocycles. The van der Waals surface area contributed by atoms with Crippen LogP contribution in [0.15, 0.2) is 22.9 Å². The highest BCUT2D eigenvalue weighted by Crippen LogP contribution is 2.25. The number of rotatable bonds is 5. The number of nitrogens with zero attached hydrogens (tertiary/aromatic N) is 3. The van der Waals surface area contributed by atoms with Gasteiger partial charge in [0.25, 0.3) is 0 Å². The molecule has 8 nitrogen and oxygen atoms in total. The Labute approximate surface area is 165 Å². The van der Waals surface area contributed by atoms with Gasteiger partial charge in [0.05, 0.1) is 13.0 Å². The quantitative estimate of drug-likeness (QED) is 0.649. The first-order valence-corrected chi connectivity index (χ1v) is 9.77. The predicted octanol–water partition coefficient (Wildman–Crippen LogP) is 1.76. The third kappa shape index (κ3) is 4.58. The summed E-state index contributed by atoms with van der Waals surface area (Å²) in [7, 11) is 0. The van der Waals surface area contributed by atoms with E-state index in [1.807, 2.05) is 6.07 Å². The van der Waals surface area contributed by atoms with Crippen molar-refractivity contribution in [3.63, 3.8) is 0 Å². The summed E-state index contributed by atoms with van der Waals surface area (Å²) in [6.07, 6.45) is 4.36. The Morgan fingerprint density at radius 3 is 2.74 bits per heavy atom. The Balaban J connectivity index is 1.57. The highest BCUT2D eigenvalue weighted by atomic mass is 79.9. The maximum Gasteiger partial charge on any atom is 0.410 e. The summed E-state index contributed by atoms with van der Waals surface area (Å²) in [6.45, 7) is 3.07. The molecule has 9 heteroatoms. The van der Waals surface area contributed by atoms with Crippen LogP contribution < -0.4 is 0 Å². The second-order valence-corrected chi connectivity index (χ2v) is 7.47. The van der Waals surface area contributed by atoms with Gasteiger partial charge < -0.3 is 14.4 Å². The number of halogens is 1. The third-order valence-corrected chi connectivity index (χ3v) is 5.23. The summed E-state index contributed by atoms with van der Waals surface area (Å²) >= 11 is 3.35. The molecule has 2 amide bonds. The molecule has 1 atom stereocenters. The van der Waals surface area contributed by atoms with Gasteiger partial charge >= 0.3 is 12.1 Å². The lowest BCUT2D eigenvalue weighted by Gasteiger charge is -2.37. The summed E-state index contributed by atoms with van der Waals surface area (Å²) in [6, 6.07) is 1.05. The van der Waals surface area contributed by atoms with Gasteiger partial charge in [0.1, 0.15) is 6.61 Å². The van der Waals surface area contributed by atoms with Crippen molar-refractivity contribution in [1.29, 1.82) is 0 Å². The van der Waals surface area contributed by atoms with Crippen LogP contribution in [0.4, 0.5) is 4.79 Å². The molecule has 0 aromatic carbocycles. The second kappa shape index (κ2) is 8.69. The highest BCUT2D eigenvalue weighted by molar-refractivity contribution is 9.10. The Bertz CT molecular complexity index is 721. The van der Waals surface area contributed by atoms with Crippen molar-refractivity contribution in [3.05, 3.63) is 28.5 Å². The normalized spacial score (nSPS) is 20.5. The molecule has 3 rings (SSSR count). The number of piperidine rings is 1. The van der Waals surface area contributed by atoms with Crippen molar-refractivity contribution in [3.8, 4) is 0 Å². The van der Waals surface area contributed by atoms with Gasteiger partial charge in [-0.25, -0.2) is 9.59 Å². The summed E-state index contributed by atoms with van der Waals surface area (Å²) < 4.78 is 10.9. The predicted molar refractivity (Wildman–Crippen MR) is 98.9 cm³/mol. The van der Waals surface area contributed by atoms with E-state index in [2.05, 4.69) is 20.9 Å². The fourth-order valence-electron chi connectivity index (χ4n) is 3.49. The molecule has 146 valence electrons. The van der Waals surface area contributed by atoms with E-state index in [0.29, 0.717) is 25.9 Å². The van der Waals surface area contributed by atoms with Crippen molar-refractivity contribution in [2.75, 3.05) is 26.3 Å². The van der Waals surface area contributed by atoms with E-state index in [1.54, 1.807) is 24.2 Å².